The molecule has 0 aromatic heterocycles. The molecule has 87 heavy (non-hydrogen) atoms. The number of hydrogen-bond donors (Lipinski definition) is 1. The maximum Gasteiger partial charge on any atom is 0.361 e. The third kappa shape index (κ3) is 70.6. The van der Waals surface area contributed by atoms with Crippen LogP contribution in [-0.2, 0) is 33.3 Å². The van der Waals surface area contributed by atoms with E-state index in [0.29, 0.717) is 17.4 Å². The van der Waals surface area contributed by atoms with Crippen LogP contribution in [0.1, 0.15) is 373 Å². The van der Waals surface area contributed by atoms with Crippen molar-refractivity contribution >= 4 is 17.9 Å². The first-order valence-electron chi connectivity index (χ1n) is 37.8. The van der Waals surface area contributed by atoms with Crippen LogP contribution < -0.4 is 0 Å². The van der Waals surface area contributed by atoms with Gasteiger partial charge < -0.3 is 28.5 Å². The van der Waals surface area contributed by atoms with Gasteiger partial charge in [0.1, 0.15) is 13.2 Å². The number of quaternary nitrogens is 1. The molecular weight excluding hydrogens is 1080 g/mol. The summed E-state index contributed by atoms with van der Waals surface area (Å²) in [7, 11) is 5.99. The Bertz CT molecular complexity index is 1570. The number of carboxylic acids is 1. The molecule has 9 nitrogen and oxygen atoms in total. The Balaban J connectivity index is 3.95. The zero-order valence-corrected chi connectivity index (χ0v) is 58.5. The molecule has 0 aliphatic rings. The van der Waals surface area contributed by atoms with Crippen molar-refractivity contribution in [1.82, 2.24) is 0 Å². The van der Waals surface area contributed by atoms with Crippen LogP contribution in [0, 0.1) is 0 Å². The zero-order chi connectivity index (χ0) is 63.3. The van der Waals surface area contributed by atoms with Gasteiger partial charge in [0.15, 0.2) is 6.10 Å². The maximum absolute atomic E-state index is 12.9. The van der Waals surface area contributed by atoms with Gasteiger partial charge in [-0.25, -0.2) is 4.79 Å². The second kappa shape index (κ2) is 69.1. The Morgan fingerprint density at radius 2 is 0.655 bits per heavy atom. The van der Waals surface area contributed by atoms with E-state index in [-0.39, 0.29) is 32.2 Å². The van der Waals surface area contributed by atoms with Crippen LogP contribution in [0.25, 0.3) is 0 Å². The first-order chi connectivity index (χ1) is 42.6. The molecule has 0 aromatic rings. The van der Waals surface area contributed by atoms with Crippen molar-refractivity contribution in [2.75, 3.05) is 47.5 Å². The molecule has 9 heteroatoms. The highest BCUT2D eigenvalue weighted by Crippen LogP contribution is 2.20. The summed E-state index contributed by atoms with van der Waals surface area (Å²) in [6, 6.07) is 0. The molecule has 0 fully saturated rings. The fourth-order valence-corrected chi connectivity index (χ4v) is 11.4. The minimum atomic E-state index is -1.51. The first-order valence-corrected chi connectivity index (χ1v) is 37.8. The van der Waals surface area contributed by atoms with E-state index in [0.717, 1.165) is 77.0 Å². The minimum absolute atomic E-state index is 0.181. The van der Waals surface area contributed by atoms with Gasteiger partial charge in [0, 0.05) is 12.8 Å². The monoisotopic (exact) mass is 1230 g/mol. The smallest absolute Gasteiger partial charge is 0.361 e. The molecule has 0 bridgehead atoms. The number of hydrogen-bond acceptors (Lipinski definition) is 7. The molecule has 0 radical (unpaired) electrons. The molecule has 0 aromatic carbocycles. The van der Waals surface area contributed by atoms with Gasteiger partial charge in [0.2, 0.25) is 0 Å². The molecule has 510 valence electrons. The molecule has 0 aliphatic heterocycles. The largest absolute Gasteiger partial charge is 0.477 e. The van der Waals surface area contributed by atoms with Gasteiger partial charge in [-0.15, -0.1) is 0 Å². The summed E-state index contributed by atoms with van der Waals surface area (Å²) in [5, 5.41) is 9.75. The minimum Gasteiger partial charge on any atom is -0.477 e. The highest BCUT2D eigenvalue weighted by Gasteiger charge is 2.25. The predicted octanol–water partition coefficient (Wildman–Crippen LogP) is 23.7. The number of rotatable bonds is 71. The summed E-state index contributed by atoms with van der Waals surface area (Å²) in [4.78, 5) is 37.6. The van der Waals surface area contributed by atoms with Crippen LogP contribution in [0.3, 0.4) is 0 Å². The molecular formula is C78H146NO8+. The van der Waals surface area contributed by atoms with Crippen molar-refractivity contribution in [3.63, 3.8) is 0 Å². The average Bonchev–Trinajstić information content (AvgIpc) is 3.50. The van der Waals surface area contributed by atoms with Crippen molar-refractivity contribution in [3.05, 3.63) is 48.6 Å². The average molecular weight is 1230 g/mol. The van der Waals surface area contributed by atoms with E-state index < -0.39 is 24.3 Å². The van der Waals surface area contributed by atoms with Crippen LogP contribution in [0.15, 0.2) is 48.6 Å². The SMILES string of the molecule is CC/C=C\C/C=C\C/C=C\C/C=C\CCCCCCCCCCCCC(=O)OC(COC(=O)CCCCCCCCCCCCCCCCCCCCCCCCCCCCCCCCCCCCCCCCC)COC(OCC[N+](C)(C)C)C(=O)O. The van der Waals surface area contributed by atoms with E-state index >= 15 is 0 Å². The van der Waals surface area contributed by atoms with E-state index in [1.807, 2.05) is 21.1 Å². The summed E-state index contributed by atoms with van der Waals surface area (Å²) in [6.45, 7) is 4.82. The molecule has 0 amide bonds. The Morgan fingerprint density at radius 3 is 0.977 bits per heavy atom. The molecule has 0 heterocycles. The number of carbonyl (C=O) groups is 3. The molecule has 0 saturated carbocycles. The second-order valence-corrected chi connectivity index (χ2v) is 26.9. The van der Waals surface area contributed by atoms with Crippen molar-refractivity contribution in [2.24, 2.45) is 0 Å². The number of aliphatic carboxylic acids is 1. The number of ether oxygens (including phenoxy) is 4. The molecule has 1 N–H and O–H groups in total. The Labute approximate surface area is 540 Å². The highest BCUT2D eigenvalue weighted by atomic mass is 16.7. The van der Waals surface area contributed by atoms with Gasteiger partial charge in [-0.05, 0) is 51.4 Å². The Morgan fingerprint density at radius 1 is 0.356 bits per heavy atom. The molecule has 0 rings (SSSR count). The van der Waals surface area contributed by atoms with Gasteiger partial charge in [0.05, 0.1) is 34.4 Å². The molecule has 2 atom stereocenters. The molecule has 0 spiro atoms. The maximum atomic E-state index is 12.9. The van der Waals surface area contributed by atoms with Gasteiger partial charge in [-0.1, -0.05) is 358 Å². The fourth-order valence-electron chi connectivity index (χ4n) is 11.4. The summed E-state index contributed by atoms with van der Waals surface area (Å²) >= 11 is 0. The van der Waals surface area contributed by atoms with Crippen LogP contribution >= 0.6 is 0 Å². The molecule has 2 unspecified atom stereocenters. The summed E-state index contributed by atoms with van der Waals surface area (Å²) in [6.07, 6.45) is 87.0. The standard InChI is InChI=1S/C78H145NO8/c1-6-8-10-12-14-16-18-20-22-24-26-28-30-31-32-33-34-35-36-37-38-39-40-41-42-43-44-45-47-48-50-52-54-56-58-60-62-64-66-68-75(80)85-72-74(73-86-78(77(82)83)84-71-70-79(3,4)5)87-76(81)69-67-65-63-61-59-57-55-53-51-49-46-29-27-25-23-21-19-17-15-13-11-9-7-2/h9,11,15,17,21,23,27,29,74,78H,6-8,10,12-14,16,18-20,22,24-26,28,30-73H2,1-5H3/p+1/b11-9-,17-15-,23-21-,29-27-. The van der Waals surface area contributed by atoms with Crippen LogP contribution in [0.4, 0.5) is 0 Å². The van der Waals surface area contributed by atoms with Gasteiger partial charge in [0.25, 0.3) is 6.29 Å². The molecule has 0 aliphatic carbocycles. The Kier molecular flexibility index (Phi) is 67.0. The van der Waals surface area contributed by atoms with Crippen molar-refractivity contribution in [3.8, 4) is 0 Å². The first kappa shape index (κ1) is 84.2. The van der Waals surface area contributed by atoms with Gasteiger partial charge in [-0.3, -0.25) is 9.59 Å². The fraction of sp³-hybridized carbons (Fsp3) is 0.859. The number of unbranched alkanes of at least 4 members (excludes halogenated alkanes) is 48. The number of likely N-dealkylation sites (N-methyl/N-ethyl adjacent to an activating group) is 1. The normalized spacial score (nSPS) is 12.9. The van der Waals surface area contributed by atoms with E-state index in [9.17, 15) is 19.5 Å². The number of allylic oxidation sites excluding steroid dienone is 8. The highest BCUT2D eigenvalue weighted by molar-refractivity contribution is 5.71. The summed E-state index contributed by atoms with van der Waals surface area (Å²) < 4.78 is 23.0. The number of nitrogens with zero attached hydrogens (tertiary/aromatic N) is 1. The second-order valence-electron chi connectivity index (χ2n) is 26.9. The molecule has 0 saturated heterocycles. The van der Waals surface area contributed by atoms with E-state index in [2.05, 4.69) is 62.5 Å². The van der Waals surface area contributed by atoms with Crippen molar-refractivity contribution in [1.29, 1.82) is 0 Å². The third-order valence-electron chi connectivity index (χ3n) is 17.1. The predicted molar refractivity (Wildman–Crippen MR) is 374 cm³/mol. The van der Waals surface area contributed by atoms with Crippen molar-refractivity contribution in [2.45, 2.75) is 386 Å². The Hall–Kier alpha value is -2.75. The third-order valence-corrected chi connectivity index (χ3v) is 17.1. The number of carbonyl (C=O) groups excluding carboxylic acids is 2. The number of esters is 2. The topological polar surface area (TPSA) is 108 Å². The zero-order valence-electron chi connectivity index (χ0n) is 58.5. The van der Waals surface area contributed by atoms with Crippen LogP contribution in [0.2, 0.25) is 0 Å². The lowest BCUT2D eigenvalue weighted by Crippen LogP contribution is -2.40. The van der Waals surface area contributed by atoms with Gasteiger partial charge >= 0.3 is 17.9 Å². The van der Waals surface area contributed by atoms with Crippen LogP contribution in [0.5, 0.6) is 0 Å². The summed E-state index contributed by atoms with van der Waals surface area (Å²) in [5.74, 6) is -1.99. The van der Waals surface area contributed by atoms with E-state index in [4.69, 9.17) is 18.9 Å². The van der Waals surface area contributed by atoms with E-state index in [1.54, 1.807) is 0 Å². The van der Waals surface area contributed by atoms with Crippen LogP contribution in [-0.4, -0.2) is 87.4 Å². The number of carboxylic acid groups (broad SMARTS) is 1. The lowest BCUT2D eigenvalue weighted by Gasteiger charge is -2.25. The van der Waals surface area contributed by atoms with E-state index in [1.165, 1.54) is 270 Å². The summed E-state index contributed by atoms with van der Waals surface area (Å²) in [5.41, 5.74) is 0. The quantitative estimate of drug-likeness (QED) is 0.0211. The van der Waals surface area contributed by atoms with Gasteiger partial charge in [-0.2, -0.15) is 0 Å². The lowest BCUT2D eigenvalue weighted by atomic mass is 10.0. The van der Waals surface area contributed by atoms with Crippen molar-refractivity contribution < 1.29 is 42.9 Å². The lowest BCUT2D eigenvalue weighted by molar-refractivity contribution is -0.870.